The Kier molecular flexibility index (Phi) is 3.08. The fourth-order valence-electron chi connectivity index (χ4n) is 1.59. The van der Waals surface area contributed by atoms with Crippen LogP contribution in [-0.2, 0) is 0 Å². The lowest BCUT2D eigenvalue weighted by Crippen LogP contribution is -1.99. The van der Waals surface area contributed by atoms with E-state index < -0.39 is 0 Å². The van der Waals surface area contributed by atoms with Crippen molar-refractivity contribution >= 4 is 27.5 Å². The van der Waals surface area contributed by atoms with E-state index >= 15 is 0 Å². The van der Waals surface area contributed by atoms with Gasteiger partial charge < -0.3 is 0 Å². The molecule has 0 saturated heterocycles. The van der Waals surface area contributed by atoms with Crippen LogP contribution in [0.15, 0.2) is 22.7 Å². The van der Waals surface area contributed by atoms with Crippen LogP contribution in [0.25, 0.3) is 5.69 Å². The molecular weight excluding hydrogens is 288 g/mol. The van der Waals surface area contributed by atoms with Crippen molar-refractivity contribution in [2.45, 2.75) is 20.8 Å². The molecule has 0 aliphatic carbocycles. The molecule has 0 atom stereocenters. The average molecular weight is 300 g/mol. The number of nitrogens with zero attached hydrogens (tertiary/aromatic N) is 2. The SMILES string of the molecule is Cc1ccc(-n2nc(C)c(Cl)c2C)cc1Br. The first-order valence-corrected chi connectivity index (χ1v) is 6.16. The highest BCUT2D eigenvalue weighted by atomic mass is 79.9. The number of hydrogen-bond acceptors (Lipinski definition) is 1. The van der Waals surface area contributed by atoms with Gasteiger partial charge in [-0.3, -0.25) is 0 Å². The zero-order chi connectivity index (χ0) is 11.9. The number of hydrogen-bond donors (Lipinski definition) is 0. The van der Waals surface area contributed by atoms with Crippen molar-refractivity contribution in [2.24, 2.45) is 0 Å². The van der Waals surface area contributed by atoms with Crippen LogP contribution >= 0.6 is 27.5 Å². The third-order valence-corrected chi connectivity index (χ3v) is 4.00. The molecule has 0 bridgehead atoms. The molecule has 2 aromatic rings. The fourth-order valence-corrected chi connectivity index (χ4v) is 2.07. The van der Waals surface area contributed by atoms with Crippen molar-refractivity contribution in [3.63, 3.8) is 0 Å². The highest BCUT2D eigenvalue weighted by Gasteiger charge is 2.10. The van der Waals surface area contributed by atoms with Crippen LogP contribution in [0, 0.1) is 20.8 Å². The Bertz CT molecular complexity index is 546. The first-order valence-electron chi connectivity index (χ1n) is 4.99. The van der Waals surface area contributed by atoms with Gasteiger partial charge in [0, 0.05) is 4.47 Å². The van der Waals surface area contributed by atoms with Gasteiger partial charge in [-0.15, -0.1) is 0 Å². The van der Waals surface area contributed by atoms with Crippen LogP contribution in [0.1, 0.15) is 17.0 Å². The zero-order valence-electron chi connectivity index (χ0n) is 9.38. The normalized spacial score (nSPS) is 10.8. The Hall–Kier alpha value is -0.800. The molecule has 84 valence electrons. The highest BCUT2D eigenvalue weighted by Crippen LogP contribution is 2.25. The van der Waals surface area contributed by atoms with Gasteiger partial charge in [0.1, 0.15) is 0 Å². The Morgan fingerprint density at radius 1 is 1.25 bits per heavy atom. The molecule has 1 aromatic heterocycles. The average Bonchev–Trinajstić information content (AvgIpc) is 2.50. The van der Waals surface area contributed by atoms with E-state index in [0.717, 1.165) is 26.6 Å². The predicted octanol–water partition coefficient (Wildman–Crippen LogP) is 4.21. The molecule has 0 amide bonds. The molecule has 0 aliphatic heterocycles. The van der Waals surface area contributed by atoms with Crippen molar-refractivity contribution in [3.8, 4) is 5.69 Å². The van der Waals surface area contributed by atoms with Crippen LogP contribution in [0.2, 0.25) is 5.02 Å². The summed E-state index contributed by atoms with van der Waals surface area (Å²) in [7, 11) is 0. The number of rotatable bonds is 1. The Morgan fingerprint density at radius 3 is 2.44 bits per heavy atom. The smallest absolute Gasteiger partial charge is 0.0848 e. The van der Waals surface area contributed by atoms with E-state index in [1.165, 1.54) is 5.56 Å². The molecule has 0 radical (unpaired) electrons. The zero-order valence-corrected chi connectivity index (χ0v) is 11.7. The van der Waals surface area contributed by atoms with Crippen LogP contribution < -0.4 is 0 Å². The topological polar surface area (TPSA) is 17.8 Å². The van der Waals surface area contributed by atoms with Crippen molar-refractivity contribution in [2.75, 3.05) is 0 Å². The summed E-state index contributed by atoms with van der Waals surface area (Å²) in [4.78, 5) is 0. The summed E-state index contributed by atoms with van der Waals surface area (Å²) in [6.07, 6.45) is 0. The molecule has 1 heterocycles. The molecule has 2 rings (SSSR count). The Morgan fingerprint density at radius 2 is 1.94 bits per heavy atom. The third-order valence-electron chi connectivity index (χ3n) is 2.60. The summed E-state index contributed by atoms with van der Waals surface area (Å²) in [6.45, 7) is 5.94. The number of halogens is 2. The van der Waals surface area contributed by atoms with E-state index in [1.807, 2.05) is 30.7 Å². The highest BCUT2D eigenvalue weighted by molar-refractivity contribution is 9.10. The summed E-state index contributed by atoms with van der Waals surface area (Å²) in [5.74, 6) is 0. The van der Waals surface area contributed by atoms with Crippen LogP contribution in [0.5, 0.6) is 0 Å². The maximum absolute atomic E-state index is 6.12. The Labute approximate surface area is 108 Å². The van der Waals surface area contributed by atoms with E-state index in [0.29, 0.717) is 0 Å². The van der Waals surface area contributed by atoms with Crippen LogP contribution in [0.3, 0.4) is 0 Å². The lowest BCUT2D eigenvalue weighted by Gasteiger charge is -2.06. The largest absolute Gasteiger partial charge is 0.236 e. The molecule has 2 nitrogen and oxygen atoms in total. The van der Waals surface area contributed by atoms with Crippen molar-refractivity contribution in [1.82, 2.24) is 9.78 Å². The van der Waals surface area contributed by atoms with Crippen LogP contribution in [-0.4, -0.2) is 9.78 Å². The first-order chi connectivity index (χ1) is 7.50. The Balaban J connectivity index is 2.59. The maximum Gasteiger partial charge on any atom is 0.0848 e. The standard InChI is InChI=1S/C12H12BrClN2/c1-7-4-5-10(6-11(7)13)16-9(3)12(14)8(2)15-16/h4-6H,1-3H3. The maximum atomic E-state index is 6.12. The van der Waals surface area contributed by atoms with Gasteiger partial charge in [-0.2, -0.15) is 5.10 Å². The second-order valence-electron chi connectivity index (χ2n) is 3.83. The monoisotopic (exact) mass is 298 g/mol. The second kappa shape index (κ2) is 4.22. The van der Waals surface area contributed by atoms with Crippen molar-refractivity contribution in [3.05, 3.63) is 44.6 Å². The van der Waals surface area contributed by atoms with E-state index in [2.05, 4.69) is 34.0 Å². The van der Waals surface area contributed by atoms with Crippen molar-refractivity contribution in [1.29, 1.82) is 0 Å². The van der Waals surface area contributed by atoms with E-state index in [4.69, 9.17) is 11.6 Å². The lowest BCUT2D eigenvalue weighted by atomic mass is 10.2. The minimum Gasteiger partial charge on any atom is -0.236 e. The second-order valence-corrected chi connectivity index (χ2v) is 5.06. The molecule has 0 aliphatic rings. The molecule has 16 heavy (non-hydrogen) atoms. The quantitative estimate of drug-likeness (QED) is 0.771. The van der Waals surface area contributed by atoms with E-state index in [9.17, 15) is 0 Å². The van der Waals surface area contributed by atoms with Crippen LogP contribution in [0.4, 0.5) is 0 Å². The summed E-state index contributed by atoms with van der Waals surface area (Å²) >= 11 is 9.64. The van der Waals surface area contributed by atoms with Gasteiger partial charge in [-0.25, -0.2) is 4.68 Å². The predicted molar refractivity (Wildman–Crippen MR) is 70.5 cm³/mol. The third kappa shape index (κ3) is 1.89. The number of aryl methyl sites for hydroxylation is 2. The molecular formula is C12H12BrClN2. The minimum atomic E-state index is 0.733. The number of benzene rings is 1. The van der Waals surface area contributed by atoms with Gasteiger partial charge in [-0.1, -0.05) is 33.6 Å². The lowest BCUT2D eigenvalue weighted by molar-refractivity contribution is 0.832. The first kappa shape index (κ1) is 11.7. The fraction of sp³-hybridized carbons (Fsp3) is 0.250. The molecule has 0 unspecified atom stereocenters. The van der Waals surface area contributed by atoms with Gasteiger partial charge in [0.2, 0.25) is 0 Å². The number of aromatic nitrogens is 2. The molecule has 0 fully saturated rings. The molecule has 1 aromatic carbocycles. The van der Waals surface area contributed by atoms with Gasteiger partial charge in [0.25, 0.3) is 0 Å². The summed E-state index contributed by atoms with van der Waals surface area (Å²) < 4.78 is 2.94. The van der Waals surface area contributed by atoms with Gasteiger partial charge >= 0.3 is 0 Å². The minimum absolute atomic E-state index is 0.733. The molecule has 0 saturated carbocycles. The summed E-state index contributed by atoms with van der Waals surface area (Å²) in [6, 6.07) is 6.14. The molecule has 4 heteroatoms. The van der Waals surface area contributed by atoms with Gasteiger partial charge in [0.05, 0.1) is 22.1 Å². The summed E-state index contributed by atoms with van der Waals surface area (Å²) in [5.41, 5.74) is 4.05. The molecule has 0 spiro atoms. The van der Waals surface area contributed by atoms with E-state index in [-0.39, 0.29) is 0 Å². The van der Waals surface area contributed by atoms with Gasteiger partial charge in [0.15, 0.2) is 0 Å². The molecule has 0 N–H and O–H groups in total. The van der Waals surface area contributed by atoms with E-state index in [1.54, 1.807) is 0 Å². The summed E-state index contributed by atoms with van der Waals surface area (Å²) in [5, 5.41) is 5.15. The van der Waals surface area contributed by atoms with Gasteiger partial charge in [-0.05, 0) is 38.5 Å². The van der Waals surface area contributed by atoms with Crippen molar-refractivity contribution < 1.29 is 0 Å².